The smallest absolute Gasteiger partial charge is 0.305 e. The molecular formula is C65H123NO5. The van der Waals surface area contributed by atoms with Crippen LogP contribution < -0.4 is 5.32 Å². The molecule has 0 rings (SSSR count). The summed E-state index contributed by atoms with van der Waals surface area (Å²) in [5.74, 6) is -0.0317. The van der Waals surface area contributed by atoms with Gasteiger partial charge in [-0.2, -0.15) is 0 Å². The van der Waals surface area contributed by atoms with Crippen molar-refractivity contribution in [1.29, 1.82) is 0 Å². The number of aliphatic hydroxyl groups excluding tert-OH is 2. The number of carbonyl (C=O) groups is 2. The molecule has 0 aromatic carbocycles. The van der Waals surface area contributed by atoms with Crippen molar-refractivity contribution >= 4 is 11.9 Å². The summed E-state index contributed by atoms with van der Waals surface area (Å²) in [6, 6.07) is -0.537. The highest BCUT2D eigenvalue weighted by atomic mass is 16.5. The predicted octanol–water partition coefficient (Wildman–Crippen LogP) is 20.0. The number of carbonyl (C=O) groups excluding carboxylic acids is 2. The van der Waals surface area contributed by atoms with Gasteiger partial charge in [-0.25, -0.2) is 0 Å². The number of amides is 1. The van der Waals surface area contributed by atoms with Crippen molar-refractivity contribution in [2.24, 2.45) is 0 Å². The van der Waals surface area contributed by atoms with E-state index in [-0.39, 0.29) is 18.5 Å². The van der Waals surface area contributed by atoms with Crippen LogP contribution in [0.25, 0.3) is 0 Å². The second-order valence-corrected chi connectivity index (χ2v) is 21.7. The first kappa shape index (κ1) is 69.1. The van der Waals surface area contributed by atoms with E-state index in [1.807, 2.05) is 0 Å². The number of ether oxygens (including phenoxy) is 1. The summed E-state index contributed by atoms with van der Waals surface area (Å²) in [5, 5.41) is 23.1. The van der Waals surface area contributed by atoms with Crippen molar-refractivity contribution < 1.29 is 24.5 Å². The van der Waals surface area contributed by atoms with Crippen molar-refractivity contribution in [3.63, 3.8) is 0 Å². The largest absolute Gasteiger partial charge is 0.466 e. The van der Waals surface area contributed by atoms with Gasteiger partial charge < -0.3 is 20.3 Å². The van der Waals surface area contributed by atoms with Crippen molar-refractivity contribution in [2.75, 3.05) is 13.2 Å². The fourth-order valence-corrected chi connectivity index (χ4v) is 9.77. The first-order valence-corrected chi connectivity index (χ1v) is 31.7. The fourth-order valence-electron chi connectivity index (χ4n) is 9.77. The number of rotatable bonds is 59. The monoisotopic (exact) mass is 998 g/mol. The van der Waals surface area contributed by atoms with Gasteiger partial charge in [-0.3, -0.25) is 9.59 Å². The summed E-state index contributed by atoms with van der Waals surface area (Å²) < 4.78 is 5.48. The number of esters is 1. The number of aliphatic hydroxyl groups is 2. The average Bonchev–Trinajstić information content (AvgIpc) is 3.37. The van der Waals surface area contributed by atoms with E-state index in [4.69, 9.17) is 4.74 Å². The second kappa shape index (κ2) is 60.6. The molecule has 0 saturated carbocycles. The molecule has 418 valence electrons. The molecule has 0 aromatic rings. The Kier molecular flexibility index (Phi) is 59.0. The van der Waals surface area contributed by atoms with E-state index in [9.17, 15) is 19.8 Å². The summed E-state index contributed by atoms with van der Waals surface area (Å²) >= 11 is 0. The van der Waals surface area contributed by atoms with Gasteiger partial charge in [0.05, 0.1) is 25.4 Å². The normalized spacial score (nSPS) is 12.8. The predicted molar refractivity (Wildman–Crippen MR) is 310 cm³/mol. The Bertz CT molecular complexity index is 1150. The Balaban J connectivity index is 3.33. The van der Waals surface area contributed by atoms with E-state index < -0.39 is 12.1 Å². The molecule has 0 saturated heterocycles. The molecule has 71 heavy (non-hydrogen) atoms. The number of nitrogens with one attached hydrogen (secondary N) is 1. The van der Waals surface area contributed by atoms with Crippen LogP contribution in [0.5, 0.6) is 0 Å². The standard InChI is InChI=1S/C65H123NO5/c1-3-5-7-9-11-13-14-15-36-39-43-47-51-55-59-65(70)71-60-56-52-48-44-40-37-34-32-30-28-26-24-22-20-18-16-17-19-21-23-25-27-29-31-33-35-38-42-46-50-54-58-64(69)66-62(61-67)63(68)57-53-49-45-41-12-10-8-6-4-2/h9,11,14-15,18,20,62-63,67-68H,3-8,10,12-13,16-17,19,21-61H2,1-2H3,(H,66,69)/b11-9-,15-14-,20-18-. The zero-order valence-corrected chi connectivity index (χ0v) is 47.7. The van der Waals surface area contributed by atoms with Crippen LogP contribution in [-0.4, -0.2) is 47.4 Å². The lowest BCUT2D eigenvalue weighted by molar-refractivity contribution is -0.143. The molecule has 0 heterocycles. The third-order valence-corrected chi connectivity index (χ3v) is 14.7. The molecule has 1 amide bonds. The molecule has 6 heteroatoms. The van der Waals surface area contributed by atoms with Crippen LogP contribution in [-0.2, 0) is 14.3 Å². The average molecular weight is 999 g/mol. The Morgan fingerprint density at radius 3 is 1.13 bits per heavy atom. The number of hydrogen-bond donors (Lipinski definition) is 3. The van der Waals surface area contributed by atoms with Gasteiger partial charge in [0.25, 0.3) is 0 Å². The number of allylic oxidation sites excluding steroid dienone is 6. The molecule has 0 radical (unpaired) electrons. The minimum Gasteiger partial charge on any atom is -0.466 e. The highest BCUT2D eigenvalue weighted by molar-refractivity contribution is 5.76. The highest BCUT2D eigenvalue weighted by Crippen LogP contribution is 2.17. The molecule has 2 atom stereocenters. The van der Waals surface area contributed by atoms with Crippen molar-refractivity contribution in [3.8, 4) is 0 Å². The van der Waals surface area contributed by atoms with Gasteiger partial charge in [0.1, 0.15) is 0 Å². The zero-order chi connectivity index (χ0) is 51.4. The lowest BCUT2D eigenvalue weighted by Crippen LogP contribution is -2.45. The van der Waals surface area contributed by atoms with Gasteiger partial charge >= 0.3 is 5.97 Å². The number of hydrogen-bond acceptors (Lipinski definition) is 5. The molecule has 0 bridgehead atoms. The first-order chi connectivity index (χ1) is 35.0. The van der Waals surface area contributed by atoms with Crippen LogP contribution in [0.3, 0.4) is 0 Å². The molecule has 2 unspecified atom stereocenters. The van der Waals surface area contributed by atoms with E-state index in [1.54, 1.807) is 0 Å². The van der Waals surface area contributed by atoms with E-state index in [0.717, 1.165) is 51.4 Å². The van der Waals surface area contributed by atoms with Crippen LogP contribution in [0, 0.1) is 0 Å². The lowest BCUT2D eigenvalue weighted by Gasteiger charge is -2.22. The second-order valence-electron chi connectivity index (χ2n) is 21.7. The van der Waals surface area contributed by atoms with E-state index >= 15 is 0 Å². The van der Waals surface area contributed by atoms with Crippen LogP contribution in [0.15, 0.2) is 36.5 Å². The lowest BCUT2D eigenvalue weighted by atomic mass is 10.0. The Morgan fingerprint density at radius 1 is 0.394 bits per heavy atom. The Morgan fingerprint density at radius 2 is 0.718 bits per heavy atom. The maximum Gasteiger partial charge on any atom is 0.305 e. The summed E-state index contributed by atoms with van der Waals surface area (Å²) in [6.45, 7) is 4.90. The van der Waals surface area contributed by atoms with Gasteiger partial charge in [-0.05, 0) is 77.0 Å². The quantitative estimate of drug-likeness (QED) is 0.0321. The van der Waals surface area contributed by atoms with E-state index in [0.29, 0.717) is 25.9 Å². The topological polar surface area (TPSA) is 95.9 Å². The van der Waals surface area contributed by atoms with Crippen LogP contribution >= 0.6 is 0 Å². The van der Waals surface area contributed by atoms with Crippen LogP contribution in [0.4, 0.5) is 0 Å². The number of unbranched alkanes of at least 4 members (excludes halogenated alkanes) is 42. The molecule has 3 N–H and O–H groups in total. The van der Waals surface area contributed by atoms with Crippen LogP contribution in [0.2, 0.25) is 0 Å². The maximum atomic E-state index is 12.4. The summed E-state index contributed by atoms with van der Waals surface area (Å²) in [4.78, 5) is 24.5. The third-order valence-electron chi connectivity index (χ3n) is 14.7. The van der Waals surface area contributed by atoms with Crippen molar-refractivity contribution in [2.45, 2.75) is 353 Å². The van der Waals surface area contributed by atoms with E-state index in [2.05, 4.69) is 55.6 Å². The molecule has 0 aromatic heterocycles. The maximum absolute atomic E-state index is 12.4. The Labute approximate surface area is 443 Å². The van der Waals surface area contributed by atoms with Gasteiger partial charge in [0.2, 0.25) is 5.91 Å². The highest BCUT2D eigenvalue weighted by Gasteiger charge is 2.20. The van der Waals surface area contributed by atoms with Crippen molar-refractivity contribution in [1.82, 2.24) is 5.32 Å². The third kappa shape index (κ3) is 57.2. The van der Waals surface area contributed by atoms with Gasteiger partial charge in [-0.15, -0.1) is 0 Å². The molecule has 0 aliphatic heterocycles. The molecule has 0 aliphatic rings. The fraction of sp³-hybridized carbons (Fsp3) is 0.877. The molecule has 0 fully saturated rings. The van der Waals surface area contributed by atoms with E-state index in [1.165, 1.54) is 257 Å². The minimum atomic E-state index is -0.660. The SMILES string of the molecule is CCCC/C=C\C/C=C\CCCCCCCC(=O)OCCCCCCCCCCCCCC/C=C\CCCCCCCCCCCCCCCCCC(=O)NC(CO)C(O)CCCCCCCCCCC. The summed E-state index contributed by atoms with van der Waals surface area (Å²) in [7, 11) is 0. The molecule has 0 spiro atoms. The molecule has 6 nitrogen and oxygen atoms in total. The van der Waals surface area contributed by atoms with Gasteiger partial charge in [0.15, 0.2) is 0 Å². The first-order valence-electron chi connectivity index (χ1n) is 31.7. The molecular weight excluding hydrogens is 875 g/mol. The minimum absolute atomic E-state index is 0.00285. The summed E-state index contributed by atoms with van der Waals surface area (Å²) in [6.07, 6.45) is 76.1. The van der Waals surface area contributed by atoms with Gasteiger partial charge in [-0.1, -0.05) is 288 Å². The van der Waals surface area contributed by atoms with Crippen LogP contribution in [0.1, 0.15) is 341 Å². The summed E-state index contributed by atoms with van der Waals surface area (Å²) in [5.41, 5.74) is 0. The van der Waals surface area contributed by atoms with Crippen molar-refractivity contribution in [3.05, 3.63) is 36.5 Å². The zero-order valence-electron chi connectivity index (χ0n) is 47.7. The Hall–Kier alpha value is -1.92. The molecule has 0 aliphatic carbocycles. The van der Waals surface area contributed by atoms with Gasteiger partial charge in [0, 0.05) is 12.8 Å².